The van der Waals surface area contributed by atoms with Gasteiger partial charge in [0, 0.05) is 232 Å². The van der Waals surface area contributed by atoms with Gasteiger partial charge in [0.1, 0.15) is 0 Å². The normalized spacial score (nSPS) is 12.0. The zero-order chi connectivity index (χ0) is 73.5. The fraction of sp³-hybridized carbons (Fsp3) is 0.818. The summed E-state index contributed by atoms with van der Waals surface area (Å²) in [5.74, 6) is -5.77. The van der Waals surface area contributed by atoms with Crippen LogP contribution in [0.3, 0.4) is 0 Å². The van der Waals surface area contributed by atoms with Crippen LogP contribution in [0, 0.1) is 10.1 Å². The number of nitro groups is 1. The molecule has 0 aliphatic rings. The number of nitrogens with zero attached hydrogens (tertiary/aromatic N) is 22. The second-order valence-electron chi connectivity index (χ2n) is 22.6. The Morgan fingerprint density at radius 1 is 0.313 bits per heavy atom. The molecule has 546 valence electrons. The molecule has 0 heterocycles. The predicted molar refractivity (Wildman–Crippen MR) is 358 cm³/mol. The van der Waals surface area contributed by atoms with Crippen molar-refractivity contribution in [2.45, 2.75) is 197 Å². The highest BCUT2D eigenvalue weighted by molar-refractivity contribution is 5.82. The summed E-state index contributed by atoms with van der Waals surface area (Å²) in [7, 11) is 0. The molecule has 44 heteroatoms. The molecule has 44 nitrogen and oxygen atoms in total. The van der Waals surface area contributed by atoms with E-state index in [0.29, 0.717) is 25.7 Å². The van der Waals surface area contributed by atoms with Crippen LogP contribution in [0.15, 0.2) is 35.8 Å². The highest BCUT2D eigenvalue weighted by atomic mass is 16.6. The first kappa shape index (κ1) is 88.3. The van der Waals surface area contributed by atoms with E-state index in [1.807, 2.05) is 0 Å². The van der Waals surface area contributed by atoms with Crippen molar-refractivity contribution in [1.29, 1.82) is 0 Å². The first-order valence-electron chi connectivity index (χ1n) is 32.7. The van der Waals surface area contributed by atoms with Crippen molar-refractivity contribution in [2.24, 2.45) is 35.8 Å². The van der Waals surface area contributed by atoms with Crippen molar-refractivity contribution >= 4 is 59.1 Å². The number of rotatable bonds is 62. The molecule has 0 unspecified atom stereocenters. The maximum Gasteiger partial charge on any atom is 0.223 e. The molecule has 0 aliphatic heterocycles. The molecule has 10 amide bonds. The van der Waals surface area contributed by atoms with Crippen molar-refractivity contribution in [3.8, 4) is 0 Å². The van der Waals surface area contributed by atoms with Gasteiger partial charge < -0.3 is 53.2 Å². The number of carbonyl (C=O) groups excluding carboxylic acids is 10. The van der Waals surface area contributed by atoms with Crippen LogP contribution >= 0.6 is 0 Å². The maximum absolute atomic E-state index is 14.7. The molecule has 0 radical (unpaired) electrons. The Kier molecular flexibility index (Phi) is 52.3. The monoisotopic (exact) mass is 1390 g/mol. The van der Waals surface area contributed by atoms with E-state index < -0.39 is 126 Å². The number of carbonyl (C=O) groups is 10. The van der Waals surface area contributed by atoms with Crippen LogP contribution < -0.4 is 53.2 Å². The summed E-state index contributed by atoms with van der Waals surface area (Å²) in [6.07, 6.45) is -3.88. The lowest BCUT2D eigenvalue weighted by molar-refractivity contribution is -0.573. The van der Waals surface area contributed by atoms with Crippen molar-refractivity contribution in [3.63, 3.8) is 0 Å². The maximum atomic E-state index is 14.7. The lowest BCUT2D eigenvalue weighted by Crippen LogP contribution is -2.51. The summed E-state index contributed by atoms with van der Waals surface area (Å²) in [6, 6.07) is -1.74. The molecule has 0 bridgehead atoms. The van der Waals surface area contributed by atoms with E-state index in [2.05, 4.69) is 123 Å². The van der Waals surface area contributed by atoms with Crippen LogP contribution in [-0.4, -0.2) is 179 Å². The standard InChI is InChI=1S/C55H94N32O12/c56-80-70-35-1-28-63-44(88)12-8-42(9-13-45(89)64-29-2-36-71-81-57)77-51(95)19-25-55(87(98)99,26-20-52(96)78-43(10-14-46(90)65-30-3-37-72-82-58)11-15-47(91)66-31-4-38-73-83-59)27-21-53(97)79-54(22-16-48(92)67-32-5-39-74-84-60,23-17-49(93)68-33-6-40-75-85-61)24-18-50(94)69-34-7-41-76-86-62/h42-43H,1-41H2,(H,63,88)(H,64,89)(H,65,90)(H,66,91)(H,67,92)(H,68,93)(H,69,94)(H,77,95)(H,78,96)(H,79,97). The van der Waals surface area contributed by atoms with Crippen LogP contribution in [0.5, 0.6) is 0 Å². The van der Waals surface area contributed by atoms with E-state index in [1.54, 1.807) is 0 Å². The summed E-state index contributed by atoms with van der Waals surface area (Å²) < 4.78 is 0. The summed E-state index contributed by atoms with van der Waals surface area (Å²) in [4.78, 5) is 167. The molecule has 0 fully saturated rings. The van der Waals surface area contributed by atoms with Crippen molar-refractivity contribution in [1.82, 2.24) is 53.2 Å². The lowest BCUT2D eigenvalue weighted by atomic mass is 9.81. The number of hydrogen-bond donors (Lipinski definition) is 10. The average molecular weight is 1400 g/mol. The number of nitrogens with one attached hydrogen (secondary N) is 10. The van der Waals surface area contributed by atoms with E-state index in [9.17, 15) is 58.1 Å². The molecule has 0 aromatic heterocycles. The Bertz CT molecular complexity index is 2620. The Balaban J connectivity index is 7.61. The van der Waals surface area contributed by atoms with Gasteiger partial charge in [0.25, 0.3) is 0 Å². The molecule has 0 saturated carbocycles. The van der Waals surface area contributed by atoms with Crippen molar-refractivity contribution < 1.29 is 52.9 Å². The largest absolute Gasteiger partial charge is 0.356 e. The molecule has 0 saturated heterocycles. The summed E-state index contributed by atoms with van der Waals surface area (Å²) in [5.41, 5.74) is 56.6. The highest BCUT2D eigenvalue weighted by Gasteiger charge is 2.44. The zero-order valence-corrected chi connectivity index (χ0v) is 55.9. The van der Waals surface area contributed by atoms with E-state index >= 15 is 0 Å². The third kappa shape index (κ3) is 49.5. The van der Waals surface area contributed by atoms with Crippen LogP contribution in [-0.2, 0) is 47.9 Å². The molecule has 0 spiro atoms. The first-order chi connectivity index (χ1) is 47.8. The first-order valence-corrected chi connectivity index (χ1v) is 32.7. The van der Waals surface area contributed by atoms with Crippen molar-refractivity contribution in [3.05, 3.63) is 83.2 Å². The number of amides is 10. The van der Waals surface area contributed by atoms with Gasteiger partial charge in [-0.2, -0.15) is 0 Å². The fourth-order valence-corrected chi connectivity index (χ4v) is 9.64. The minimum absolute atomic E-state index is 0.0167. The van der Waals surface area contributed by atoms with E-state index in [1.165, 1.54) is 0 Å². The summed E-state index contributed by atoms with van der Waals surface area (Å²) in [5, 5.41) is 65.0. The summed E-state index contributed by atoms with van der Waals surface area (Å²) in [6.45, 7) is 1.55. The lowest BCUT2D eigenvalue weighted by Gasteiger charge is -2.35. The SMILES string of the molecule is [N-]=[N+]=NCCCNC(=O)CCC(CCC(=O)NCCCN=[N+]=[N-])NC(=O)CCC(CCC(=O)NC(CCC(=O)NCCCN=[N+]=[N-])CCC(=O)NCCCN=[N+]=[N-])(CCC(=O)NC(CCC(=O)NCCCN=[N+]=[N-])(CCC(=O)NCCCN=[N+]=[N-])CCC(=O)NCCCN=[N+]=[N-])[N+](=O)[O-]. The molecular weight excluding hydrogens is 1300 g/mol. The van der Waals surface area contributed by atoms with E-state index in [-0.39, 0.29) is 201 Å². The smallest absolute Gasteiger partial charge is 0.223 e. The molecule has 0 aromatic rings. The molecule has 0 rings (SSSR count). The van der Waals surface area contributed by atoms with Gasteiger partial charge in [-0.1, -0.05) is 35.8 Å². The van der Waals surface area contributed by atoms with Gasteiger partial charge in [0.15, 0.2) is 0 Å². The second-order valence-corrected chi connectivity index (χ2v) is 22.6. The Morgan fingerprint density at radius 2 is 0.515 bits per heavy atom. The second kappa shape index (κ2) is 58.6. The number of hydrogen-bond acceptors (Lipinski definition) is 19. The van der Waals surface area contributed by atoms with E-state index in [0.717, 1.165) is 0 Å². The van der Waals surface area contributed by atoms with Gasteiger partial charge in [-0.05, 0) is 129 Å². The van der Waals surface area contributed by atoms with E-state index in [4.69, 9.17) is 38.7 Å². The zero-order valence-electron chi connectivity index (χ0n) is 55.9. The van der Waals surface area contributed by atoms with Crippen molar-refractivity contribution in [2.75, 3.05) is 91.6 Å². The van der Waals surface area contributed by atoms with Gasteiger partial charge in [-0.3, -0.25) is 58.1 Å². The molecule has 10 N–H and O–H groups in total. The Labute approximate surface area is 570 Å². The Hall–Kier alpha value is -10.7. The molecule has 0 aliphatic carbocycles. The minimum Gasteiger partial charge on any atom is -0.356 e. The van der Waals surface area contributed by atoms with Gasteiger partial charge in [-0.25, -0.2) is 0 Å². The minimum atomic E-state index is -2.28. The van der Waals surface area contributed by atoms with Gasteiger partial charge in [0.2, 0.25) is 64.6 Å². The van der Waals surface area contributed by atoms with Gasteiger partial charge in [0.05, 0.1) is 0 Å². The molecule has 0 aromatic carbocycles. The molecule has 0 atom stereocenters. The summed E-state index contributed by atoms with van der Waals surface area (Å²) >= 11 is 0. The molecule has 99 heavy (non-hydrogen) atoms. The van der Waals surface area contributed by atoms with Gasteiger partial charge in [-0.15, -0.1) is 0 Å². The number of azide groups is 7. The Morgan fingerprint density at radius 3 is 0.727 bits per heavy atom. The van der Waals surface area contributed by atoms with Crippen LogP contribution in [0.2, 0.25) is 0 Å². The predicted octanol–water partition coefficient (Wildman–Crippen LogP) is 6.34. The van der Waals surface area contributed by atoms with Crippen LogP contribution in [0.1, 0.15) is 173 Å². The average Bonchev–Trinajstić information content (AvgIpc) is 0.839. The highest BCUT2D eigenvalue weighted by Crippen LogP contribution is 2.32. The fourth-order valence-electron chi connectivity index (χ4n) is 9.64. The third-order valence-corrected chi connectivity index (χ3v) is 15.1. The third-order valence-electron chi connectivity index (χ3n) is 15.1. The quantitative estimate of drug-likeness (QED) is 0.00796. The van der Waals surface area contributed by atoms with Crippen LogP contribution in [0.4, 0.5) is 0 Å². The van der Waals surface area contributed by atoms with Gasteiger partial charge >= 0.3 is 0 Å². The molecular formula is C55H94N32O12. The topological polar surface area (TPSA) is 675 Å². The van der Waals surface area contributed by atoms with Crippen LogP contribution in [0.25, 0.3) is 73.1 Å².